The molecule has 0 unspecified atom stereocenters. The lowest BCUT2D eigenvalue weighted by Crippen LogP contribution is -2.32. The maximum atomic E-state index is 13.6. The third-order valence-corrected chi connectivity index (χ3v) is 6.66. The molecule has 0 fully saturated rings. The molecule has 0 radical (unpaired) electrons. The third kappa shape index (κ3) is 5.40. The number of halogens is 2. The molecule has 0 atom stereocenters. The Labute approximate surface area is 207 Å². The number of fused-ring (bicyclic) bond motifs is 1. The van der Waals surface area contributed by atoms with Crippen LogP contribution in [0.1, 0.15) is 22.3 Å². The number of imidazole rings is 1. The molecule has 0 spiro atoms. The number of carbonyl (C=O) groups is 1. The zero-order valence-electron chi connectivity index (χ0n) is 18.4. The van der Waals surface area contributed by atoms with Gasteiger partial charge in [-0.1, -0.05) is 29.0 Å². The molecular weight excluding hydrogens is 483 g/mol. The number of hydrogen-bond acceptors (Lipinski definition) is 6. The van der Waals surface area contributed by atoms with Gasteiger partial charge in [0.15, 0.2) is 5.13 Å². The second-order valence-corrected chi connectivity index (χ2v) is 8.64. The SMILES string of the molecule is COc1cc(OC)cc(C(=O)N(CCCn2ccnc2)c2nc3c(C)ccc(Cl)c3s2)c1.Cl. The van der Waals surface area contributed by atoms with Crippen molar-refractivity contribution in [1.29, 1.82) is 0 Å². The van der Waals surface area contributed by atoms with Crippen LogP contribution in [-0.2, 0) is 6.54 Å². The van der Waals surface area contributed by atoms with Crippen molar-refractivity contribution in [2.75, 3.05) is 25.7 Å². The molecule has 0 saturated heterocycles. The molecule has 174 valence electrons. The highest BCUT2D eigenvalue weighted by Crippen LogP contribution is 2.36. The number of nitrogens with zero attached hydrogens (tertiary/aromatic N) is 4. The van der Waals surface area contributed by atoms with Gasteiger partial charge in [0.05, 0.1) is 35.8 Å². The molecule has 7 nitrogen and oxygen atoms in total. The van der Waals surface area contributed by atoms with Gasteiger partial charge in [-0.3, -0.25) is 9.69 Å². The standard InChI is InChI=1S/C23H23ClN4O3S.ClH/c1-15-5-6-19(24)21-20(15)26-23(32-21)28(9-4-8-27-10-7-25-14-27)22(29)16-11-17(30-2)13-18(12-16)31-3;/h5-7,10-14H,4,8-9H2,1-3H3;1H. The van der Waals surface area contributed by atoms with E-state index in [2.05, 4.69) is 4.98 Å². The largest absolute Gasteiger partial charge is 0.497 e. The summed E-state index contributed by atoms with van der Waals surface area (Å²) in [6.07, 6.45) is 6.13. The van der Waals surface area contributed by atoms with E-state index in [9.17, 15) is 4.79 Å². The number of aromatic nitrogens is 3. The highest BCUT2D eigenvalue weighted by atomic mass is 35.5. The van der Waals surface area contributed by atoms with Crippen LogP contribution in [0.3, 0.4) is 0 Å². The lowest BCUT2D eigenvalue weighted by molar-refractivity contribution is 0.0985. The molecule has 33 heavy (non-hydrogen) atoms. The zero-order chi connectivity index (χ0) is 22.7. The van der Waals surface area contributed by atoms with Crippen LogP contribution in [0.15, 0.2) is 49.1 Å². The number of methoxy groups -OCH3 is 2. The third-order valence-electron chi connectivity index (χ3n) is 5.12. The van der Waals surface area contributed by atoms with Crippen molar-refractivity contribution in [2.24, 2.45) is 0 Å². The van der Waals surface area contributed by atoms with E-state index < -0.39 is 0 Å². The van der Waals surface area contributed by atoms with Crippen LogP contribution >= 0.6 is 35.3 Å². The molecule has 0 saturated carbocycles. The number of amides is 1. The fourth-order valence-electron chi connectivity index (χ4n) is 3.41. The summed E-state index contributed by atoms with van der Waals surface area (Å²) < 4.78 is 13.6. The Morgan fingerprint density at radius 3 is 2.52 bits per heavy atom. The summed E-state index contributed by atoms with van der Waals surface area (Å²) in [5.41, 5.74) is 2.29. The monoisotopic (exact) mass is 506 g/mol. The number of rotatable bonds is 8. The number of carbonyl (C=O) groups excluding carboxylic acids is 1. The molecule has 0 aliphatic rings. The van der Waals surface area contributed by atoms with E-state index in [0.29, 0.717) is 33.8 Å². The van der Waals surface area contributed by atoms with E-state index >= 15 is 0 Å². The quantitative estimate of drug-likeness (QED) is 0.309. The Balaban J connectivity index is 0.00000306. The van der Waals surface area contributed by atoms with Crippen LogP contribution in [0.4, 0.5) is 5.13 Å². The molecule has 4 aromatic rings. The van der Waals surface area contributed by atoms with Crippen molar-refractivity contribution in [3.8, 4) is 11.5 Å². The molecule has 4 rings (SSSR count). The Morgan fingerprint density at radius 2 is 1.91 bits per heavy atom. The lowest BCUT2D eigenvalue weighted by atomic mass is 10.1. The van der Waals surface area contributed by atoms with E-state index in [1.807, 2.05) is 29.8 Å². The highest BCUT2D eigenvalue weighted by Gasteiger charge is 2.23. The maximum Gasteiger partial charge on any atom is 0.260 e. The molecule has 1 amide bonds. The highest BCUT2D eigenvalue weighted by molar-refractivity contribution is 7.23. The van der Waals surface area contributed by atoms with Crippen LogP contribution in [0.2, 0.25) is 5.02 Å². The molecule has 10 heteroatoms. The topological polar surface area (TPSA) is 69.5 Å². The van der Waals surface area contributed by atoms with Gasteiger partial charge in [-0.2, -0.15) is 0 Å². The normalized spacial score (nSPS) is 10.7. The summed E-state index contributed by atoms with van der Waals surface area (Å²) >= 11 is 7.84. The van der Waals surface area contributed by atoms with Crippen LogP contribution < -0.4 is 14.4 Å². The summed E-state index contributed by atoms with van der Waals surface area (Å²) in [5.74, 6) is 0.921. The molecule has 2 aromatic heterocycles. The van der Waals surface area contributed by atoms with E-state index in [0.717, 1.165) is 28.7 Å². The van der Waals surface area contributed by atoms with Gasteiger partial charge >= 0.3 is 0 Å². The first-order valence-electron chi connectivity index (χ1n) is 10.1. The minimum absolute atomic E-state index is 0. The molecular formula is C23H24Cl2N4O3S. The number of thiazole rings is 1. The first-order valence-corrected chi connectivity index (χ1v) is 11.3. The van der Waals surface area contributed by atoms with Gasteiger partial charge in [-0.25, -0.2) is 9.97 Å². The van der Waals surface area contributed by atoms with Crippen molar-refractivity contribution in [3.63, 3.8) is 0 Å². The summed E-state index contributed by atoms with van der Waals surface area (Å²) in [5, 5.41) is 1.23. The second-order valence-electron chi connectivity index (χ2n) is 7.25. The Bertz CT molecular complexity index is 1180. The van der Waals surface area contributed by atoms with Gasteiger partial charge in [-0.15, -0.1) is 12.4 Å². The fourth-order valence-corrected chi connectivity index (χ4v) is 4.75. The smallest absolute Gasteiger partial charge is 0.260 e. The average molecular weight is 507 g/mol. The van der Waals surface area contributed by atoms with Crippen LogP contribution in [-0.4, -0.2) is 41.2 Å². The number of benzene rings is 2. The minimum atomic E-state index is -0.180. The van der Waals surface area contributed by atoms with Gasteiger partial charge in [0, 0.05) is 37.1 Å². The number of ether oxygens (including phenoxy) is 2. The van der Waals surface area contributed by atoms with E-state index in [-0.39, 0.29) is 18.3 Å². The predicted octanol–water partition coefficient (Wildman–Crippen LogP) is 5.63. The molecule has 2 heterocycles. The molecule has 0 aliphatic carbocycles. The summed E-state index contributed by atoms with van der Waals surface area (Å²) in [4.78, 5) is 24.2. The van der Waals surface area contributed by atoms with Crippen molar-refractivity contribution >= 4 is 56.6 Å². The van der Waals surface area contributed by atoms with Crippen LogP contribution in [0.5, 0.6) is 11.5 Å². The van der Waals surface area contributed by atoms with Gasteiger partial charge in [0.2, 0.25) is 0 Å². The van der Waals surface area contributed by atoms with Gasteiger partial charge in [0.1, 0.15) is 11.5 Å². The lowest BCUT2D eigenvalue weighted by Gasteiger charge is -2.21. The number of aryl methyl sites for hydroxylation is 2. The maximum absolute atomic E-state index is 13.6. The second kappa shape index (κ2) is 10.9. The summed E-state index contributed by atoms with van der Waals surface area (Å²) in [6.45, 7) is 3.20. The van der Waals surface area contributed by atoms with Crippen molar-refractivity contribution in [2.45, 2.75) is 19.9 Å². The molecule has 2 aromatic carbocycles. The Hall–Kier alpha value is -2.81. The predicted molar refractivity (Wildman–Crippen MR) is 135 cm³/mol. The van der Waals surface area contributed by atoms with E-state index in [1.54, 1.807) is 49.8 Å². The van der Waals surface area contributed by atoms with Crippen LogP contribution in [0.25, 0.3) is 10.2 Å². The van der Waals surface area contributed by atoms with Gasteiger partial charge in [-0.05, 0) is 37.1 Å². The van der Waals surface area contributed by atoms with Crippen molar-refractivity contribution in [1.82, 2.24) is 14.5 Å². The van der Waals surface area contributed by atoms with E-state index in [1.165, 1.54) is 11.3 Å². The first kappa shape index (κ1) is 24.8. The Morgan fingerprint density at radius 1 is 1.18 bits per heavy atom. The summed E-state index contributed by atoms with van der Waals surface area (Å²) in [7, 11) is 3.12. The zero-order valence-corrected chi connectivity index (χ0v) is 20.8. The number of anilines is 1. The molecule has 0 N–H and O–H groups in total. The van der Waals surface area contributed by atoms with Crippen molar-refractivity contribution < 1.29 is 14.3 Å². The summed E-state index contributed by atoms with van der Waals surface area (Å²) in [6, 6.07) is 8.95. The molecule has 0 aliphatic heterocycles. The van der Waals surface area contributed by atoms with Gasteiger partial charge < -0.3 is 14.0 Å². The van der Waals surface area contributed by atoms with E-state index in [4.69, 9.17) is 26.1 Å². The fraction of sp³-hybridized carbons (Fsp3) is 0.261. The molecule has 0 bridgehead atoms. The average Bonchev–Trinajstić information content (AvgIpc) is 3.49. The van der Waals surface area contributed by atoms with Crippen LogP contribution in [0, 0.1) is 6.92 Å². The van der Waals surface area contributed by atoms with Crippen molar-refractivity contribution in [3.05, 3.63) is 65.2 Å². The first-order chi connectivity index (χ1) is 15.5. The Kier molecular flexibility index (Phi) is 8.18. The number of hydrogen-bond donors (Lipinski definition) is 0. The minimum Gasteiger partial charge on any atom is -0.497 e. The van der Waals surface area contributed by atoms with Gasteiger partial charge in [0.25, 0.3) is 5.91 Å².